The minimum atomic E-state index is -0.0333. The minimum absolute atomic E-state index is 0.0333. The molecule has 0 aliphatic carbocycles. The predicted molar refractivity (Wildman–Crippen MR) is 93.6 cm³/mol. The Bertz CT molecular complexity index is 724. The molecule has 1 saturated heterocycles. The van der Waals surface area contributed by atoms with Gasteiger partial charge >= 0.3 is 0 Å². The van der Waals surface area contributed by atoms with E-state index in [4.69, 9.17) is 14.2 Å². The van der Waals surface area contributed by atoms with Crippen LogP contribution in [-0.2, 0) is 16.0 Å². The van der Waals surface area contributed by atoms with Crippen LogP contribution in [0, 0.1) is 6.92 Å². The number of ether oxygens (including phenoxy) is 1. The zero-order valence-electron chi connectivity index (χ0n) is 14.9. The van der Waals surface area contributed by atoms with E-state index in [9.17, 15) is 4.79 Å². The fourth-order valence-corrected chi connectivity index (χ4v) is 3.06. The first-order valence-corrected chi connectivity index (χ1v) is 8.82. The third kappa shape index (κ3) is 4.25. The van der Waals surface area contributed by atoms with Crippen LogP contribution in [0.4, 0.5) is 5.82 Å². The summed E-state index contributed by atoms with van der Waals surface area (Å²) < 4.78 is 10.3. The monoisotopic (exact) mass is 347 g/mol. The van der Waals surface area contributed by atoms with Gasteiger partial charge in [-0.3, -0.25) is 4.79 Å². The zero-order chi connectivity index (χ0) is 17.6. The molecule has 1 amide bonds. The van der Waals surface area contributed by atoms with E-state index in [1.165, 1.54) is 6.42 Å². The number of carbonyl (C=O) groups excluding carboxylic acids is 1. The Balaban J connectivity index is 1.76. The van der Waals surface area contributed by atoms with Gasteiger partial charge in [0.2, 0.25) is 5.91 Å². The number of hydrogen-bond donors (Lipinski definition) is 1. The van der Waals surface area contributed by atoms with Crippen molar-refractivity contribution in [2.75, 3.05) is 38.3 Å². The van der Waals surface area contributed by atoms with E-state index in [0.717, 1.165) is 42.8 Å². The number of aryl methyl sites for hydroxylation is 2. The molecule has 0 atom stereocenters. The van der Waals surface area contributed by atoms with Crippen LogP contribution in [0.1, 0.15) is 37.2 Å². The summed E-state index contributed by atoms with van der Waals surface area (Å²) in [5.74, 6) is 1.47. The number of nitrogens with one attached hydrogen (secondary N) is 1. The van der Waals surface area contributed by atoms with Gasteiger partial charge in [0, 0.05) is 39.6 Å². The summed E-state index contributed by atoms with van der Waals surface area (Å²) in [4.78, 5) is 23.3. The highest BCUT2D eigenvalue weighted by molar-refractivity contribution is 5.88. The van der Waals surface area contributed by atoms with Gasteiger partial charge in [-0.2, -0.15) is 4.98 Å². The van der Waals surface area contributed by atoms with Gasteiger partial charge in [-0.15, -0.1) is 0 Å². The molecule has 1 aliphatic heterocycles. The van der Waals surface area contributed by atoms with Gasteiger partial charge in [0.1, 0.15) is 17.0 Å². The van der Waals surface area contributed by atoms with Crippen LogP contribution in [0.15, 0.2) is 4.52 Å². The van der Waals surface area contributed by atoms with Gasteiger partial charge in [0.05, 0.1) is 12.3 Å². The largest absolute Gasteiger partial charge is 0.383 e. The van der Waals surface area contributed by atoms with E-state index in [-0.39, 0.29) is 5.91 Å². The Morgan fingerprint density at radius 1 is 1.28 bits per heavy atom. The van der Waals surface area contributed by atoms with E-state index < -0.39 is 0 Å². The second kappa shape index (κ2) is 8.24. The molecule has 8 heteroatoms. The molecule has 0 bridgehead atoms. The molecule has 0 unspecified atom stereocenters. The maximum Gasteiger partial charge on any atom is 0.263 e. The molecule has 1 N–H and O–H groups in total. The molecule has 1 aliphatic rings. The molecular weight excluding hydrogens is 322 g/mol. The molecular formula is C17H25N5O3. The smallest absolute Gasteiger partial charge is 0.263 e. The number of fused-ring (bicyclic) bond motifs is 1. The Labute approximate surface area is 146 Å². The molecule has 0 spiro atoms. The molecule has 3 heterocycles. The van der Waals surface area contributed by atoms with Crippen LogP contribution in [0.3, 0.4) is 0 Å². The van der Waals surface area contributed by atoms with Crippen LogP contribution in [0.5, 0.6) is 0 Å². The topological polar surface area (TPSA) is 93.4 Å². The lowest BCUT2D eigenvalue weighted by molar-refractivity contribution is -0.121. The van der Waals surface area contributed by atoms with E-state index in [0.29, 0.717) is 37.5 Å². The highest BCUT2D eigenvalue weighted by Crippen LogP contribution is 2.29. The summed E-state index contributed by atoms with van der Waals surface area (Å²) in [5, 5.41) is 7.73. The molecule has 2 aromatic heterocycles. The second-order valence-electron chi connectivity index (χ2n) is 6.30. The third-order valence-corrected chi connectivity index (χ3v) is 4.39. The van der Waals surface area contributed by atoms with E-state index in [2.05, 4.69) is 20.4 Å². The molecule has 8 nitrogen and oxygen atoms in total. The summed E-state index contributed by atoms with van der Waals surface area (Å²) in [6.45, 7) is 4.88. The Kier molecular flexibility index (Phi) is 5.80. The Morgan fingerprint density at radius 3 is 2.84 bits per heavy atom. The van der Waals surface area contributed by atoms with Crippen LogP contribution in [0.25, 0.3) is 11.1 Å². The number of amides is 1. The van der Waals surface area contributed by atoms with Crippen molar-refractivity contribution < 1.29 is 14.1 Å². The summed E-state index contributed by atoms with van der Waals surface area (Å²) >= 11 is 0. The maximum absolute atomic E-state index is 11.9. The first kappa shape index (κ1) is 17.6. The third-order valence-electron chi connectivity index (χ3n) is 4.39. The fourth-order valence-electron chi connectivity index (χ4n) is 3.06. The van der Waals surface area contributed by atoms with Gasteiger partial charge in [0.25, 0.3) is 5.71 Å². The van der Waals surface area contributed by atoms with Crippen molar-refractivity contribution in [2.24, 2.45) is 0 Å². The number of rotatable bonds is 7. The van der Waals surface area contributed by atoms with Crippen molar-refractivity contribution in [3.05, 3.63) is 11.5 Å². The lowest BCUT2D eigenvalue weighted by atomic mass is 10.1. The van der Waals surface area contributed by atoms with Crippen molar-refractivity contribution in [2.45, 2.75) is 39.0 Å². The number of hydrogen-bond acceptors (Lipinski definition) is 7. The number of aromatic nitrogens is 3. The van der Waals surface area contributed by atoms with Crippen molar-refractivity contribution in [3.8, 4) is 0 Å². The van der Waals surface area contributed by atoms with Crippen molar-refractivity contribution in [3.63, 3.8) is 0 Å². The zero-order valence-corrected chi connectivity index (χ0v) is 14.9. The predicted octanol–water partition coefficient (Wildman–Crippen LogP) is 1.61. The van der Waals surface area contributed by atoms with Crippen molar-refractivity contribution in [1.82, 2.24) is 20.4 Å². The molecule has 25 heavy (non-hydrogen) atoms. The van der Waals surface area contributed by atoms with Crippen LogP contribution in [0.2, 0.25) is 0 Å². The van der Waals surface area contributed by atoms with Gasteiger partial charge in [-0.05, 0) is 26.2 Å². The molecule has 0 aromatic carbocycles. The Hall–Kier alpha value is -2.22. The molecule has 0 saturated carbocycles. The lowest BCUT2D eigenvalue weighted by Crippen LogP contribution is -2.31. The SMILES string of the molecule is COCCNC(=O)CCc1nc(N2CCCCC2)c2c(C)noc2n1. The minimum Gasteiger partial charge on any atom is -0.383 e. The first-order chi connectivity index (χ1) is 12.2. The number of anilines is 1. The van der Waals surface area contributed by atoms with Crippen molar-refractivity contribution in [1.29, 1.82) is 0 Å². The summed E-state index contributed by atoms with van der Waals surface area (Å²) in [6, 6.07) is 0. The van der Waals surface area contributed by atoms with Gasteiger partial charge in [-0.25, -0.2) is 4.98 Å². The summed E-state index contributed by atoms with van der Waals surface area (Å²) in [7, 11) is 1.61. The molecule has 3 rings (SSSR count). The van der Waals surface area contributed by atoms with Crippen LogP contribution in [-0.4, -0.2) is 54.4 Å². The Morgan fingerprint density at radius 2 is 2.08 bits per heavy atom. The summed E-state index contributed by atoms with van der Waals surface area (Å²) in [5.41, 5.74) is 1.31. The van der Waals surface area contributed by atoms with Gasteiger partial charge in [0.15, 0.2) is 0 Å². The second-order valence-corrected chi connectivity index (χ2v) is 6.30. The fraction of sp³-hybridized carbons (Fsp3) is 0.647. The first-order valence-electron chi connectivity index (χ1n) is 8.82. The van der Waals surface area contributed by atoms with E-state index >= 15 is 0 Å². The summed E-state index contributed by atoms with van der Waals surface area (Å²) in [6.07, 6.45) is 4.37. The van der Waals surface area contributed by atoms with E-state index in [1.807, 2.05) is 6.92 Å². The standard InChI is InChI=1S/C17H25N5O3/c1-12-15-16(22-9-4-3-5-10-22)19-13(20-17(15)25-21-12)6-7-14(23)18-8-11-24-2/h3-11H2,1-2H3,(H,18,23). The molecule has 2 aromatic rings. The van der Waals surface area contributed by atoms with E-state index in [1.54, 1.807) is 7.11 Å². The molecule has 1 fully saturated rings. The quantitative estimate of drug-likeness (QED) is 0.761. The number of piperidine rings is 1. The number of nitrogens with zero attached hydrogens (tertiary/aromatic N) is 4. The number of carbonyl (C=O) groups is 1. The lowest BCUT2D eigenvalue weighted by Gasteiger charge is -2.28. The molecule has 0 radical (unpaired) electrons. The van der Waals surface area contributed by atoms with Crippen molar-refractivity contribution >= 4 is 22.8 Å². The van der Waals surface area contributed by atoms with Crippen LogP contribution >= 0.6 is 0 Å². The van der Waals surface area contributed by atoms with Gasteiger partial charge < -0.3 is 19.5 Å². The molecule has 136 valence electrons. The highest BCUT2D eigenvalue weighted by Gasteiger charge is 2.21. The maximum atomic E-state index is 11.9. The average molecular weight is 347 g/mol. The normalized spacial score (nSPS) is 14.9. The average Bonchev–Trinajstić information content (AvgIpc) is 3.01. The van der Waals surface area contributed by atoms with Crippen LogP contribution < -0.4 is 10.2 Å². The number of methoxy groups -OCH3 is 1. The van der Waals surface area contributed by atoms with Gasteiger partial charge in [-0.1, -0.05) is 5.16 Å². The highest BCUT2D eigenvalue weighted by atomic mass is 16.5.